The molecule has 0 aliphatic carbocycles. The lowest BCUT2D eigenvalue weighted by molar-refractivity contribution is 0.767. The first-order valence-corrected chi connectivity index (χ1v) is 8.84. The molecule has 0 radical (unpaired) electrons. The standard InChI is InChI=1S/C21H23N5/c1-14(2)16-6-4-15(5-7-16)12-26-19(18-11-24-25(3)13-18)8-17-10-23-21(22)9-20(17)26/h4-11,13-14H,12H2,1-3H3,(H2,22,23). The molecular weight excluding hydrogens is 322 g/mol. The van der Waals surface area contributed by atoms with Crippen LogP contribution in [0.1, 0.15) is 30.9 Å². The summed E-state index contributed by atoms with van der Waals surface area (Å²) >= 11 is 0. The summed E-state index contributed by atoms with van der Waals surface area (Å²) in [7, 11) is 1.93. The predicted molar refractivity (Wildman–Crippen MR) is 106 cm³/mol. The van der Waals surface area contributed by atoms with Gasteiger partial charge in [-0.1, -0.05) is 38.1 Å². The van der Waals surface area contributed by atoms with Gasteiger partial charge in [0.15, 0.2) is 0 Å². The molecule has 5 heteroatoms. The molecule has 3 heterocycles. The van der Waals surface area contributed by atoms with E-state index >= 15 is 0 Å². The van der Waals surface area contributed by atoms with Crippen molar-refractivity contribution in [2.45, 2.75) is 26.3 Å². The minimum absolute atomic E-state index is 0.532. The van der Waals surface area contributed by atoms with E-state index in [0.717, 1.165) is 28.7 Å². The van der Waals surface area contributed by atoms with Crippen molar-refractivity contribution in [2.24, 2.45) is 7.05 Å². The molecule has 0 fully saturated rings. The molecule has 4 aromatic rings. The van der Waals surface area contributed by atoms with Gasteiger partial charge in [-0.2, -0.15) is 5.10 Å². The highest BCUT2D eigenvalue weighted by atomic mass is 15.2. The number of nitrogens with zero attached hydrogens (tertiary/aromatic N) is 4. The Labute approximate surface area is 153 Å². The van der Waals surface area contributed by atoms with Gasteiger partial charge in [0.25, 0.3) is 0 Å². The molecule has 0 bridgehead atoms. The van der Waals surface area contributed by atoms with Crippen molar-refractivity contribution in [3.05, 3.63) is 66.1 Å². The lowest BCUT2D eigenvalue weighted by atomic mass is 10.0. The molecule has 5 nitrogen and oxygen atoms in total. The van der Waals surface area contributed by atoms with E-state index in [4.69, 9.17) is 5.73 Å². The summed E-state index contributed by atoms with van der Waals surface area (Å²) in [5.41, 5.74) is 11.9. The quantitative estimate of drug-likeness (QED) is 0.603. The third-order valence-electron chi connectivity index (χ3n) is 4.79. The maximum absolute atomic E-state index is 5.95. The monoisotopic (exact) mass is 345 g/mol. The van der Waals surface area contributed by atoms with Gasteiger partial charge in [-0.3, -0.25) is 4.68 Å². The van der Waals surface area contributed by atoms with Crippen LogP contribution in [-0.4, -0.2) is 19.3 Å². The minimum atomic E-state index is 0.532. The molecular formula is C21H23N5. The summed E-state index contributed by atoms with van der Waals surface area (Å²) in [6.45, 7) is 5.20. The Morgan fingerprint density at radius 1 is 1.08 bits per heavy atom. The first kappa shape index (κ1) is 16.4. The molecule has 132 valence electrons. The summed E-state index contributed by atoms with van der Waals surface area (Å²) in [6, 6.07) is 12.9. The van der Waals surface area contributed by atoms with Gasteiger partial charge < -0.3 is 10.3 Å². The van der Waals surface area contributed by atoms with Crippen LogP contribution in [0.3, 0.4) is 0 Å². The molecule has 4 rings (SSSR count). The first-order valence-electron chi connectivity index (χ1n) is 8.84. The van der Waals surface area contributed by atoms with Gasteiger partial charge in [0.2, 0.25) is 0 Å². The number of aryl methyl sites for hydroxylation is 1. The van der Waals surface area contributed by atoms with Crippen molar-refractivity contribution >= 4 is 16.7 Å². The van der Waals surface area contributed by atoms with Gasteiger partial charge in [0.05, 0.1) is 17.4 Å². The number of hydrogen-bond donors (Lipinski definition) is 1. The van der Waals surface area contributed by atoms with Crippen molar-refractivity contribution in [2.75, 3.05) is 5.73 Å². The molecule has 3 aromatic heterocycles. The second-order valence-corrected chi connectivity index (χ2v) is 7.08. The van der Waals surface area contributed by atoms with E-state index in [1.54, 1.807) is 0 Å². The van der Waals surface area contributed by atoms with Crippen LogP contribution < -0.4 is 5.73 Å². The molecule has 0 atom stereocenters. The van der Waals surface area contributed by atoms with Gasteiger partial charge in [0, 0.05) is 43.0 Å². The Morgan fingerprint density at radius 2 is 1.85 bits per heavy atom. The van der Waals surface area contributed by atoms with Crippen LogP contribution in [0.4, 0.5) is 5.82 Å². The van der Waals surface area contributed by atoms with E-state index in [2.05, 4.69) is 58.8 Å². The lowest BCUT2D eigenvalue weighted by Gasteiger charge is -2.12. The highest BCUT2D eigenvalue weighted by Crippen LogP contribution is 2.29. The number of aromatic nitrogens is 4. The largest absolute Gasteiger partial charge is 0.384 e. The van der Waals surface area contributed by atoms with Gasteiger partial charge in [0.1, 0.15) is 5.82 Å². The summed E-state index contributed by atoms with van der Waals surface area (Å²) in [4.78, 5) is 4.24. The zero-order chi connectivity index (χ0) is 18.3. The molecule has 0 spiro atoms. The third kappa shape index (κ3) is 2.96. The molecule has 2 N–H and O–H groups in total. The summed E-state index contributed by atoms with van der Waals surface area (Å²) in [5.74, 6) is 1.07. The SMILES string of the molecule is CC(C)c1ccc(Cn2c(-c3cnn(C)c3)cc3cnc(N)cc32)cc1. The molecule has 0 saturated heterocycles. The minimum Gasteiger partial charge on any atom is -0.384 e. The van der Waals surface area contributed by atoms with Crippen LogP contribution in [-0.2, 0) is 13.6 Å². The normalized spacial score (nSPS) is 11.5. The summed E-state index contributed by atoms with van der Waals surface area (Å²) in [6.07, 6.45) is 5.76. The Kier molecular flexibility index (Phi) is 3.99. The van der Waals surface area contributed by atoms with E-state index < -0.39 is 0 Å². The number of rotatable bonds is 4. The number of fused-ring (bicyclic) bond motifs is 1. The lowest BCUT2D eigenvalue weighted by Crippen LogP contribution is -2.02. The molecule has 0 unspecified atom stereocenters. The number of nitrogen functional groups attached to an aromatic ring is 1. The number of nitrogens with two attached hydrogens (primary N) is 1. The van der Waals surface area contributed by atoms with Crippen molar-refractivity contribution in [1.82, 2.24) is 19.3 Å². The van der Waals surface area contributed by atoms with Crippen LogP contribution in [0.2, 0.25) is 0 Å². The first-order chi connectivity index (χ1) is 12.5. The van der Waals surface area contributed by atoms with Crippen molar-refractivity contribution in [3.8, 4) is 11.3 Å². The zero-order valence-corrected chi connectivity index (χ0v) is 15.3. The Morgan fingerprint density at radius 3 is 2.50 bits per heavy atom. The van der Waals surface area contributed by atoms with Crippen molar-refractivity contribution in [3.63, 3.8) is 0 Å². The fraction of sp³-hybridized carbons (Fsp3) is 0.238. The average Bonchev–Trinajstić information content (AvgIpc) is 3.19. The van der Waals surface area contributed by atoms with Crippen LogP contribution in [0.25, 0.3) is 22.2 Å². The summed E-state index contributed by atoms with van der Waals surface area (Å²) < 4.78 is 4.11. The van der Waals surface area contributed by atoms with Crippen LogP contribution in [0, 0.1) is 0 Å². The van der Waals surface area contributed by atoms with E-state index in [1.807, 2.05) is 36.4 Å². The van der Waals surface area contributed by atoms with E-state index in [0.29, 0.717) is 11.7 Å². The fourth-order valence-electron chi connectivity index (χ4n) is 3.32. The van der Waals surface area contributed by atoms with Crippen molar-refractivity contribution < 1.29 is 0 Å². The average molecular weight is 345 g/mol. The number of pyridine rings is 1. The second kappa shape index (κ2) is 6.33. The topological polar surface area (TPSA) is 61.7 Å². The number of benzene rings is 1. The molecule has 0 aliphatic rings. The van der Waals surface area contributed by atoms with E-state index in [9.17, 15) is 0 Å². The molecule has 0 aliphatic heterocycles. The van der Waals surface area contributed by atoms with E-state index in [1.165, 1.54) is 11.1 Å². The van der Waals surface area contributed by atoms with Crippen molar-refractivity contribution in [1.29, 1.82) is 0 Å². The highest BCUT2D eigenvalue weighted by Gasteiger charge is 2.13. The smallest absolute Gasteiger partial charge is 0.125 e. The Hall–Kier alpha value is -3.08. The molecule has 1 aromatic carbocycles. The van der Waals surface area contributed by atoms with E-state index in [-0.39, 0.29) is 0 Å². The Balaban J connectivity index is 1.82. The third-order valence-corrected chi connectivity index (χ3v) is 4.79. The fourth-order valence-corrected chi connectivity index (χ4v) is 3.32. The second-order valence-electron chi connectivity index (χ2n) is 7.08. The molecule has 0 amide bonds. The van der Waals surface area contributed by atoms with Gasteiger partial charge in [-0.15, -0.1) is 0 Å². The maximum Gasteiger partial charge on any atom is 0.125 e. The summed E-state index contributed by atoms with van der Waals surface area (Å²) in [5, 5.41) is 5.40. The maximum atomic E-state index is 5.95. The molecule has 26 heavy (non-hydrogen) atoms. The van der Waals surface area contributed by atoms with Gasteiger partial charge in [-0.25, -0.2) is 4.98 Å². The predicted octanol–water partition coefficient (Wildman–Crippen LogP) is 4.19. The van der Waals surface area contributed by atoms with Gasteiger partial charge in [-0.05, 0) is 23.1 Å². The van der Waals surface area contributed by atoms with Crippen LogP contribution >= 0.6 is 0 Å². The van der Waals surface area contributed by atoms with Crippen LogP contribution in [0.5, 0.6) is 0 Å². The highest BCUT2D eigenvalue weighted by molar-refractivity contribution is 5.87. The van der Waals surface area contributed by atoms with Crippen LogP contribution in [0.15, 0.2) is 55.0 Å². The Bertz CT molecular complexity index is 1050. The van der Waals surface area contributed by atoms with Gasteiger partial charge >= 0.3 is 0 Å². The number of anilines is 1. The molecule has 0 saturated carbocycles. The number of hydrogen-bond acceptors (Lipinski definition) is 3. The zero-order valence-electron chi connectivity index (χ0n) is 15.3.